The molecule has 0 amide bonds. The highest BCUT2D eigenvalue weighted by atomic mass is 32.1. The van der Waals surface area contributed by atoms with Crippen molar-refractivity contribution >= 4 is 11.3 Å². The number of thiophene rings is 1. The monoisotopic (exact) mass is 209 g/mol. The Hall–Kier alpha value is -1.20. The Morgan fingerprint density at radius 3 is 2.79 bits per heavy atom. The molecule has 5 heteroatoms. The van der Waals surface area contributed by atoms with Crippen LogP contribution >= 0.6 is 11.3 Å². The average Bonchev–Trinajstić information content (AvgIpc) is 2.74. The van der Waals surface area contributed by atoms with Crippen LogP contribution in [0, 0.1) is 13.8 Å². The summed E-state index contributed by atoms with van der Waals surface area (Å²) in [5, 5.41) is 3.75. The number of nitrogens with two attached hydrogens (primary N) is 1. The summed E-state index contributed by atoms with van der Waals surface area (Å²) in [5.74, 6) is 1.11. The smallest absolute Gasteiger partial charge is 0.268 e. The van der Waals surface area contributed by atoms with Crippen LogP contribution in [0.3, 0.4) is 0 Å². The first-order chi connectivity index (χ1) is 6.70. The van der Waals surface area contributed by atoms with Gasteiger partial charge in [0.25, 0.3) is 5.89 Å². The van der Waals surface area contributed by atoms with Gasteiger partial charge in [0.2, 0.25) is 0 Å². The van der Waals surface area contributed by atoms with E-state index >= 15 is 0 Å². The minimum absolute atomic E-state index is 0.312. The van der Waals surface area contributed by atoms with Crippen LogP contribution in [-0.2, 0) is 6.54 Å². The molecule has 2 aromatic rings. The van der Waals surface area contributed by atoms with Crippen molar-refractivity contribution < 1.29 is 4.52 Å². The number of nitrogens with zero attached hydrogens (tertiary/aromatic N) is 2. The fraction of sp³-hybridized carbons (Fsp3) is 0.333. The van der Waals surface area contributed by atoms with Crippen LogP contribution in [-0.4, -0.2) is 10.1 Å². The van der Waals surface area contributed by atoms with Gasteiger partial charge in [0.1, 0.15) is 0 Å². The van der Waals surface area contributed by atoms with E-state index < -0.39 is 0 Å². The Morgan fingerprint density at radius 1 is 1.50 bits per heavy atom. The van der Waals surface area contributed by atoms with Gasteiger partial charge in [0.15, 0.2) is 5.82 Å². The fourth-order valence-corrected chi connectivity index (χ4v) is 2.07. The maximum atomic E-state index is 5.39. The molecule has 14 heavy (non-hydrogen) atoms. The quantitative estimate of drug-likeness (QED) is 0.820. The molecule has 2 rings (SSSR count). The van der Waals surface area contributed by atoms with E-state index in [4.69, 9.17) is 10.3 Å². The lowest BCUT2D eigenvalue weighted by Crippen LogP contribution is -1.97. The van der Waals surface area contributed by atoms with Crippen molar-refractivity contribution in [3.8, 4) is 10.8 Å². The van der Waals surface area contributed by atoms with E-state index in [0.717, 1.165) is 4.88 Å². The highest BCUT2D eigenvalue weighted by Crippen LogP contribution is 2.29. The second-order valence-corrected chi connectivity index (χ2v) is 4.33. The molecule has 0 bridgehead atoms. The van der Waals surface area contributed by atoms with Gasteiger partial charge in [0.05, 0.1) is 11.4 Å². The Bertz CT molecular complexity index is 427. The Kier molecular flexibility index (Phi) is 2.35. The molecule has 2 heterocycles. The van der Waals surface area contributed by atoms with Crippen LogP contribution < -0.4 is 5.73 Å². The molecule has 4 nitrogen and oxygen atoms in total. The zero-order valence-corrected chi connectivity index (χ0v) is 8.89. The van der Waals surface area contributed by atoms with E-state index in [1.807, 2.05) is 6.07 Å². The summed E-state index contributed by atoms with van der Waals surface area (Å²) in [4.78, 5) is 6.44. The second kappa shape index (κ2) is 3.51. The minimum atomic E-state index is 0.312. The molecule has 2 aromatic heterocycles. The van der Waals surface area contributed by atoms with Gasteiger partial charge in [-0.05, 0) is 25.5 Å². The van der Waals surface area contributed by atoms with Crippen molar-refractivity contribution in [2.75, 3.05) is 0 Å². The molecule has 0 saturated heterocycles. The van der Waals surface area contributed by atoms with Crippen molar-refractivity contribution in [2.45, 2.75) is 20.4 Å². The van der Waals surface area contributed by atoms with Crippen LogP contribution in [0.4, 0.5) is 0 Å². The van der Waals surface area contributed by atoms with Crippen molar-refractivity contribution in [1.82, 2.24) is 10.1 Å². The lowest BCUT2D eigenvalue weighted by Gasteiger charge is -1.82. The first-order valence-electron chi connectivity index (χ1n) is 4.30. The highest BCUT2D eigenvalue weighted by molar-refractivity contribution is 7.15. The van der Waals surface area contributed by atoms with E-state index in [2.05, 4.69) is 24.0 Å². The Balaban J connectivity index is 2.39. The van der Waals surface area contributed by atoms with Gasteiger partial charge in [-0.3, -0.25) is 0 Å². The zero-order valence-electron chi connectivity index (χ0n) is 8.07. The fourth-order valence-electron chi connectivity index (χ4n) is 1.12. The maximum Gasteiger partial charge on any atom is 0.268 e. The summed E-state index contributed by atoms with van der Waals surface area (Å²) in [5.41, 5.74) is 6.64. The summed E-state index contributed by atoms with van der Waals surface area (Å²) in [6.07, 6.45) is 0. The second-order valence-electron chi connectivity index (χ2n) is 3.07. The van der Waals surface area contributed by atoms with Crippen molar-refractivity contribution in [3.05, 3.63) is 22.3 Å². The topological polar surface area (TPSA) is 64.9 Å². The molecular formula is C9H11N3OS. The van der Waals surface area contributed by atoms with Crippen LogP contribution in [0.2, 0.25) is 0 Å². The molecule has 0 aliphatic rings. The van der Waals surface area contributed by atoms with Crippen molar-refractivity contribution in [3.63, 3.8) is 0 Å². The molecule has 0 saturated carbocycles. The van der Waals surface area contributed by atoms with Crippen LogP contribution in [0.1, 0.15) is 16.3 Å². The van der Waals surface area contributed by atoms with Crippen molar-refractivity contribution in [2.24, 2.45) is 5.73 Å². The van der Waals surface area contributed by atoms with Gasteiger partial charge in [-0.25, -0.2) is 0 Å². The zero-order chi connectivity index (χ0) is 10.1. The molecular weight excluding hydrogens is 198 g/mol. The lowest BCUT2D eigenvalue weighted by molar-refractivity contribution is 0.423. The SMILES string of the molecule is Cc1cc(-c2nc(CN)no2)sc1C. The molecule has 0 aliphatic carbocycles. The molecule has 2 N–H and O–H groups in total. The number of aromatic nitrogens is 2. The molecule has 0 spiro atoms. The highest BCUT2D eigenvalue weighted by Gasteiger charge is 2.11. The standard InChI is InChI=1S/C9H11N3OS/c1-5-3-7(14-6(5)2)9-11-8(4-10)12-13-9/h3H,4,10H2,1-2H3. The third kappa shape index (κ3) is 1.56. The third-order valence-corrected chi connectivity index (χ3v) is 3.17. The molecule has 0 radical (unpaired) electrons. The van der Waals surface area contributed by atoms with Gasteiger partial charge in [-0.1, -0.05) is 5.16 Å². The van der Waals surface area contributed by atoms with E-state index in [1.165, 1.54) is 10.4 Å². The van der Waals surface area contributed by atoms with Gasteiger partial charge in [0, 0.05) is 4.88 Å². The number of hydrogen-bond acceptors (Lipinski definition) is 5. The summed E-state index contributed by atoms with van der Waals surface area (Å²) in [6, 6.07) is 2.05. The van der Waals surface area contributed by atoms with Crippen LogP contribution in [0.15, 0.2) is 10.6 Å². The summed E-state index contributed by atoms with van der Waals surface area (Å²) < 4.78 is 5.08. The lowest BCUT2D eigenvalue weighted by atomic mass is 10.3. The van der Waals surface area contributed by atoms with E-state index in [9.17, 15) is 0 Å². The van der Waals surface area contributed by atoms with Crippen molar-refractivity contribution in [1.29, 1.82) is 0 Å². The van der Waals surface area contributed by atoms with Gasteiger partial charge in [-0.15, -0.1) is 11.3 Å². The summed E-state index contributed by atoms with van der Waals surface area (Å²) >= 11 is 1.65. The number of aryl methyl sites for hydroxylation is 2. The van der Waals surface area contributed by atoms with E-state index in [-0.39, 0.29) is 0 Å². The predicted molar refractivity (Wildman–Crippen MR) is 55.0 cm³/mol. The van der Waals surface area contributed by atoms with E-state index in [1.54, 1.807) is 11.3 Å². The van der Waals surface area contributed by atoms with Gasteiger partial charge in [-0.2, -0.15) is 4.98 Å². The predicted octanol–water partition coefficient (Wildman–Crippen LogP) is 1.87. The normalized spacial score (nSPS) is 10.8. The number of rotatable bonds is 2. The first-order valence-corrected chi connectivity index (χ1v) is 5.12. The summed E-state index contributed by atoms with van der Waals surface area (Å²) in [6.45, 7) is 4.45. The molecule has 0 aliphatic heterocycles. The van der Waals surface area contributed by atoms with E-state index in [0.29, 0.717) is 18.3 Å². The molecule has 74 valence electrons. The van der Waals surface area contributed by atoms with Gasteiger partial charge >= 0.3 is 0 Å². The molecule has 0 aromatic carbocycles. The van der Waals surface area contributed by atoms with Gasteiger partial charge < -0.3 is 10.3 Å². The minimum Gasteiger partial charge on any atom is -0.333 e. The summed E-state index contributed by atoms with van der Waals surface area (Å²) in [7, 11) is 0. The molecule has 0 atom stereocenters. The van der Waals surface area contributed by atoms with Crippen LogP contribution in [0.5, 0.6) is 0 Å². The Morgan fingerprint density at radius 2 is 2.29 bits per heavy atom. The molecule has 0 unspecified atom stereocenters. The maximum absolute atomic E-state index is 5.39. The van der Waals surface area contributed by atoms with Crippen LogP contribution in [0.25, 0.3) is 10.8 Å². The largest absolute Gasteiger partial charge is 0.333 e. The number of hydrogen-bond donors (Lipinski definition) is 1. The third-order valence-electron chi connectivity index (χ3n) is 2.03. The first kappa shape index (κ1) is 9.36. The Labute approximate surface area is 85.7 Å². The molecule has 0 fully saturated rings. The average molecular weight is 209 g/mol.